The highest BCUT2D eigenvalue weighted by atomic mass is 32.2. The zero-order valence-electron chi connectivity index (χ0n) is 17.6. The lowest BCUT2D eigenvalue weighted by Crippen LogP contribution is -2.34. The van der Waals surface area contributed by atoms with Crippen LogP contribution in [0.4, 0.5) is 22.2 Å². The predicted molar refractivity (Wildman–Crippen MR) is 122 cm³/mol. The zero-order chi connectivity index (χ0) is 21.8. The van der Waals surface area contributed by atoms with Gasteiger partial charge in [0.15, 0.2) is 5.82 Å². The molecule has 0 spiro atoms. The Morgan fingerprint density at radius 3 is 2.65 bits per heavy atom. The molecule has 0 atom stereocenters. The molecule has 4 rings (SSSR count). The number of fused-ring (bicyclic) bond motifs is 1. The summed E-state index contributed by atoms with van der Waals surface area (Å²) >= 11 is 1.52. The number of urea groups is 1. The second kappa shape index (κ2) is 9.09. The average molecular weight is 437 g/mol. The number of H-pyrrole nitrogens is 1. The van der Waals surface area contributed by atoms with Crippen LogP contribution in [-0.2, 0) is 0 Å². The Morgan fingerprint density at radius 2 is 1.97 bits per heavy atom. The first kappa shape index (κ1) is 20.7. The van der Waals surface area contributed by atoms with Crippen LogP contribution in [0.2, 0.25) is 0 Å². The number of carbonyl (C=O) groups is 1. The maximum atomic E-state index is 12.2. The fourth-order valence-electron chi connectivity index (χ4n) is 3.08. The van der Waals surface area contributed by atoms with Gasteiger partial charge in [0.2, 0.25) is 5.95 Å². The largest absolute Gasteiger partial charge is 0.325 e. The minimum atomic E-state index is -0.0962. The molecule has 3 N–H and O–H groups in total. The van der Waals surface area contributed by atoms with Crippen LogP contribution < -0.4 is 10.6 Å². The topological polar surface area (TPSA) is 103 Å². The highest BCUT2D eigenvalue weighted by molar-refractivity contribution is 7.99. The fourth-order valence-corrected chi connectivity index (χ4v) is 3.89. The smallest absolute Gasteiger partial charge is 0.321 e. The van der Waals surface area contributed by atoms with Crippen molar-refractivity contribution >= 4 is 40.9 Å². The van der Waals surface area contributed by atoms with Gasteiger partial charge >= 0.3 is 6.03 Å². The first-order chi connectivity index (χ1) is 15.1. The molecule has 3 heterocycles. The zero-order valence-corrected chi connectivity index (χ0v) is 18.4. The summed E-state index contributed by atoms with van der Waals surface area (Å²) in [6.07, 6.45) is 3.59. The SMILES string of the molecule is CCN(CC)C(=O)Nc1ccc(Sc2cc3nccn3c(Nc3cc(C)[nH]n3)n2)cc1. The number of hydrogen-bond donors (Lipinski definition) is 3. The van der Waals surface area contributed by atoms with Crippen LogP contribution in [0.3, 0.4) is 0 Å². The van der Waals surface area contributed by atoms with E-state index in [0.717, 1.165) is 26.9 Å². The lowest BCUT2D eigenvalue weighted by atomic mass is 10.3. The lowest BCUT2D eigenvalue weighted by molar-refractivity contribution is 0.217. The van der Waals surface area contributed by atoms with Crippen LogP contribution in [0, 0.1) is 6.92 Å². The Balaban J connectivity index is 1.51. The van der Waals surface area contributed by atoms with Gasteiger partial charge in [0.25, 0.3) is 0 Å². The molecule has 9 nitrogen and oxygen atoms in total. The molecule has 0 fully saturated rings. The van der Waals surface area contributed by atoms with Gasteiger partial charge in [0.1, 0.15) is 10.7 Å². The Bertz CT molecular complexity index is 1180. The van der Waals surface area contributed by atoms with Gasteiger partial charge in [-0.05, 0) is 45.0 Å². The highest BCUT2D eigenvalue weighted by Gasteiger charge is 2.11. The third kappa shape index (κ3) is 4.80. The van der Waals surface area contributed by atoms with Gasteiger partial charge in [-0.3, -0.25) is 9.50 Å². The molecule has 3 aromatic heterocycles. The van der Waals surface area contributed by atoms with Gasteiger partial charge in [-0.25, -0.2) is 14.8 Å². The number of amides is 2. The van der Waals surface area contributed by atoms with Crippen molar-refractivity contribution in [3.63, 3.8) is 0 Å². The van der Waals surface area contributed by atoms with Gasteiger partial charge in [0, 0.05) is 53.9 Å². The number of benzene rings is 1. The molecule has 0 radical (unpaired) electrons. The van der Waals surface area contributed by atoms with E-state index in [-0.39, 0.29) is 6.03 Å². The maximum absolute atomic E-state index is 12.2. The van der Waals surface area contributed by atoms with Gasteiger partial charge in [-0.1, -0.05) is 11.8 Å². The quantitative estimate of drug-likeness (QED) is 0.368. The van der Waals surface area contributed by atoms with E-state index in [1.54, 1.807) is 11.1 Å². The minimum Gasteiger partial charge on any atom is -0.325 e. The number of nitrogens with zero attached hydrogens (tertiary/aromatic N) is 5. The number of aromatic nitrogens is 5. The van der Waals surface area contributed by atoms with E-state index in [0.29, 0.717) is 24.9 Å². The van der Waals surface area contributed by atoms with Crippen molar-refractivity contribution in [3.8, 4) is 0 Å². The van der Waals surface area contributed by atoms with E-state index < -0.39 is 0 Å². The van der Waals surface area contributed by atoms with Gasteiger partial charge in [-0.15, -0.1) is 0 Å². The normalized spacial score (nSPS) is 10.9. The van der Waals surface area contributed by atoms with E-state index in [2.05, 4.69) is 25.8 Å². The second-order valence-corrected chi connectivity index (χ2v) is 7.96. The number of nitrogens with one attached hydrogen (secondary N) is 3. The minimum absolute atomic E-state index is 0.0962. The highest BCUT2D eigenvalue weighted by Crippen LogP contribution is 2.29. The Kier molecular flexibility index (Phi) is 6.08. The van der Waals surface area contributed by atoms with E-state index in [4.69, 9.17) is 4.98 Å². The van der Waals surface area contributed by atoms with E-state index >= 15 is 0 Å². The first-order valence-corrected chi connectivity index (χ1v) is 10.8. The van der Waals surface area contributed by atoms with Gasteiger partial charge in [-0.2, -0.15) is 5.10 Å². The lowest BCUT2D eigenvalue weighted by Gasteiger charge is -2.19. The summed E-state index contributed by atoms with van der Waals surface area (Å²) in [4.78, 5) is 24.1. The molecule has 0 aliphatic heterocycles. The van der Waals surface area contributed by atoms with Crippen molar-refractivity contribution in [2.75, 3.05) is 23.7 Å². The molecule has 4 aromatic rings. The molecule has 0 aliphatic rings. The second-order valence-electron chi connectivity index (χ2n) is 6.86. The summed E-state index contributed by atoms with van der Waals surface area (Å²) in [5.41, 5.74) is 2.51. The summed E-state index contributed by atoms with van der Waals surface area (Å²) in [7, 11) is 0. The molecule has 2 amide bonds. The molecule has 0 saturated carbocycles. The number of anilines is 3. The number of imidazole rings is 1. The summed E-state index contributed by atoms with van der Waals surface area (Å²) in [6.45, 7) is 7.21. The van der Waals surface area contributed by atoms with Crippen molar-refractivity contribution in [2.45, 2.75) is 30.7 Å². The number of aryl methyl sites for hydroxylation is 1. The van der Waals surface area contributed by atoms with Crippen LogP contribution in [-0.4, -0.2) is 48.6 Å². The summed E-state index contributed by atoms with van der Waals surface area (Å²) in [5.74, 6) is 1.32. The summed E-state index contributed by atoms with van der Waals surface area (Å²) in [5, 5.41) is 14.1. The standard InChI is InChI=1S/C21H24N8OS/c1-4-28(5-2)21(30)23-15-6-8-16(9-7-15)31-19-13-18-22-10-11-29(18)20(25-19)24-17-12-14(3)26-27-17/h6-13H,4-5H2,1-3H3,(H,23,30)(H2,24,25,26,27). The molecule has 0 unspecified atom stereocenters. The van der Waals surface area contributed by atoms with E-state index in [1.165, 1.54) is 11.8 Å². The maximum Gasteiger partial charge on any atom is 0.321 e. The average Bonchev–Trinajstić information content (AvgIpc) is 3.39. The van der Waals surface area contributed by atoms with Crippen molar-refractivity contribution in [1.29, 1.82) is 0 Å². The Hall–Kier alpha value is -3.53. The Morgan fingerprint density at radius 1 is 1.19 bits per heavy atom. The molecular weight excluding hydrogens is 412 g/mol. The number of aromatic amines is 1. The molecular formula is C21H24N8OS. The number of hydrogen-bond acceptors (Lipinski definition) is 6. The van der Waals surface area contributed by atoms with Crippen molar-refractivity contribution in [3.05, 3.63) is 54.5 Å². The molecule has 31 heavy (non-hydrogen) atoms. The predicted octanol–water partition coefficient (Wildman–Crippen LogP) is 4.53. The molecule has 0 bridgehead atoms. The van der Waals surface area contributed by atoms with Crippen molar-refractivity contribution < 1.29 is 4.79 Å². The van der Waals surface area contributed by atoms with Crippen LogP contribution in [0.5, 0.6) is 0 Å². The number of carbonyl (C=O) groups excluding carboxylic acids is 1. The monoisotopic (exact) mass is 436 g/mol. The van der Waals surface area contributed by atoms with Gasteiger partial charge < -0.3 is 15.5 Å². The summed E-state index contributed by atoms with van der Waals surface area (Å²) in [6, 6.07) is 11.5. The third-order valence-electron chi connectivity index (χ3n) is 4.69. The van der Waals surface area contributed by atoms with Crippen molar-refractivity contribution in [2.24, 2.45) is 0 Å². The van der Waals surface area contributed by atoms with Crippen LogP contribution in [0.1, 0.15) is 19.5 Å². The molecule has 1 aromatic carbocycles. The van der Waals surface area contributed by atoms with Gasteiger partial charge in [0.05, 0.1) is 0 Å². The first-order valence-electron chi connectivity index (χ1n) is 10.0. The number of rotatable bonds is 7. The summed E-state index contributed by atoms with van der Waals surface area (Å²) < 4.78 is 1.87. The molecule has 0 aliphatic carbocycles. The molecule has 0 saturated heterocycles. The van der Waals surface area contributed by atoms with Crippen LogP contribution >= 0.6 is 11.8 Å². The fraction of sp³-hybridized carbons (Fsp3) is 0.238. The molecule has 10 heteroatoms. The van der Waals surface area contributed by atoms with Crippen LogP contribution in [0.25, 0.3) is 5.65 Å². The van der Waals surface area contributed by atoms with Crippen LogP contribution in [0.15, 0.2) is 58.7 Å². The van der Waals surface area contributed by atoms with E-state index in [9.17, 15) is 4.79 Å². The van der Waals surface area contributed by atoms with Crippen molar-refractivity contribution in [1.82, 2.24) is 29.5 Å². The molecule has 160 valence electrons. The third-order valence-corrected chi connectivity index (χ3v) is 5.62. The van der Waals surface area contributed by atoms with E-state index in [1.807, 2.05) is 67.8 Å². The Labute approximate surface area is 184 Å².